The summed E-state index contributed by atoms with van der Waals surface area (Å²) in [5, 5.41) is 7.15. The molecule has 1 aliphatic heterocycles. The first-order valence-electron chi connectivity index (χ1n) is 7.38. The fraction of sp³-hybridized carbons (Fsp3) is 1.00. The van der Waals surface area contributed by atoms with Gasteiger partial charge in [0, 0.05) is 18.1 Å². The first-order chi connectivity index (χ1) is 8.11. The van der Waals surface area contributed by atoms with E-state index in [1.54, 1.807) is 0 Å². The Bertz CT molecular complexity index is 287. The van der Waals surface area contributed by atoms with Gasteiger partial charge < -0.3 is 5.73 Å². The maximum Gasteiger partial charge on any atom is 0.0706 e. The van der Waals surface area contributed by atoms with Gasteiger partial charge in [0.15, 0.2) is 0 Å². The third-order valence-corrected chi connectivity index (χ3v) is 5.69. The predicted molar refractivity (Wildman–Crippen MR) is 70.5 cm³/mol. The van der Waals surface area contributed by atoms with Crippen LogP contribution in [0.4, 0.5) is 0 Å². The molecule has 3 rings (SSSR count). The molecule has 2 aliphatic carbocycles. The molecule has 0 bridgehead atoms. The lowest BCUT2D eigenvalue weighted by Crippen LogP contribution is -2.61. The van der Waals surface area contributed by atoms with Crippen LogP contribution in [0.3, 0.4) is 0 Å². The van der Waals surface area contributed by atoms with E-state index in [1.807, 2.05) is 0 Å². The fourth-order valence-electron chi connectivity index (χ4n) is 4.42. The lowest BCUT2D eigenvalue weighted by Gasteiger charge is -2.43. The maximum absolute atomic E-state index is 6.32. The van der Waals surface area contributed by atoms with Gasteiger partial charge in [-0.2, -0.15) is 0 Å². The zero-order valence-corrected chi connectivity index (χ0v) is 11.2. The Morgan fingerprint density at radius 3 is 2.71 bits per heavy atom. The molecule has 3 heteroatoms. The van der Waals surface area contributed by atoms with Crippen molar-refractivity contribution in [1.29, 1.82) is 0 Å². The largest absolute Gasteiger partial charge is 0.326 e. The van der Waals surface area contributed by atoms with Crippen LogP contribution < -0.4 is 16.4 Å². The molecule has 4 N–H and O–H groups in total. The topological polar surface area (TPSA) is 60.0 Å². The number of hydrogen-bond donors (Lipinski definition) is 3. The molecule has 1 saturated heterocycles. The van der Waals surface area contributed by atoms with E-state index < -0.39 is 0 Å². The summed E-state index contributed by atoms with van der Waals surface area (Å²) in [4.78, 5) is 0. The molecule has 3 fully saturated rings. The third-order valence-electron chi connectivity index (χ3n) is 5.69. The smallest absolute Gasteiger partial charge is 0.0706 e. The molecular weight excluding hydrogens is 210 g/mol. The molecule has 0 amide bonds. The van der Waals surface area contributed by atoms with Crippen LogP contribution in [0.25, 0.3) is 0 Å². The zero-order valence-electron chi connectivity index (χ0n) is 11.2. The average molecular weight is 237 g/mol. The molecule has 0 radical (unpaired) electrons. The Kier molecular flexibility index (Phi) is 2.96. The Balaban J connectivity index is 1.77. The van der Waals surface area contributed by atoms with Gasteiger partial charge in [0.25, 0.3) is 0 Å². The van der Waals surface area contributed by atoms with E-state index in [2.05, 4.69) is 24.5 Å². The van der Waals surface area contributed by atoms with Crippen LogP contribution in [0.5, 0.6) is 0 Å². The second-order valence-corrected chi connectivity index (χ2v) is 6.72. The summed E-state index contributed by atoms with van der Waals surface area (Å²) in [7, 11) is 0. The van der Waals surface area contributed by atoms with Crippen LogP contribution in [-0.4, -0.2) is 24.3 Å². The van der Waals surface area contributed by atoms with Crippen molar-refractivity contribution in [3.05, 3.63) is 0 Å². The Labute approximate surface area is 105 Å². The first kappa shape index (κ1) is 11.9. The van der Waals surface area contributed by atoms with Crippen LogP contribution in [0.2, 0.25) is 0 Å². The minimum absolute atomic E-state index is 0.123. The van der Waals surface area contributed by atoms with Crippen LogP contribution in [0.1, 0.15) is 46.0 Å². The maximum atomic E-state index is 6.32. The SMILES string of the molecule is CC(N)C(C)(NC1CN1)C1CCC2CCCC21. The van der Waals surface area contributed by atoms with Crippen molar-refractivity contribution in [2.24, 2.45) is 23.5 Å². The summed E-state index contributed by atoms with van der Waals surface area (Å²) < 4.78 is 0. The molecule has 0 spiro atoms. The minimum atomic E-state index is 0.123. The fourth-order valence-corrected chi connectivity index (χ4v) is 4.42. The van der Waals surface area contributed by atoms with Gasteiger partial charge in [0.2, 0.25) is 0 Å². The van der Waals surface area contributed by atoms with E-state index in [1.165, 1.54) is 32.1 Å². The Hall–Kier alpha value is -0.120. The second kappa shape index (κ2) is 4.22. The molecule has 98 valence electrons. The summed E-state index contributed by atoms with van der Waals surface area (Å²) in [5.41, 5.74) is 6.44. The number of nitrogens with two attached hydrogens (primary N) is 1. The number of nitrogens with one attached hydrogen (secondary N) is 2. The molecule has 0 aromatic carbocycles. The van der Waals surface area contributed by atoms with Crippen molar-refractivity contribution in [2.75, 3.05) is 6.54 Å². The van der Waals surface area contributed by atoms with Crippen LogP contribution in [0, 0.1) is 17.8 Å². The van der Waals surface area contributed by atoms with Crippen molar-refractivity contribution < 1.29 is 0 Å². The molecule has 6 atom stereocenters. The Morgan fingerprint density at radius 2 is 2.06 bits per heavy atom. The van der Waals surface area contributed by atoms with Crippen LogP contribution in [-0.2, 0) is 0 Å². The van der Waals surface area contributed by atoms with E-state index in [9.17, 15) is 0 Å². The van der Waals surface area contributed by atoms with Gasteiger partial charge in [-0.3, -0.25) is 10.6 Å². The summed E-state index contributed by atoms with van der Waals surface area (Å²) in [6.45, 7) is 5.66. The summed E-state index contributed by atoms with van der Waals surface area (Å²) >= 11 is 0. The molecule has 17 heavy (non-hydrogen) atoms. The van der Waals surface area contributed by atoms with E-state index >= 15 is 0 Å². The van der Waals surface area contributed by atoms with E-state index in [0.29, 0.717) is 6.17 Å². The first-order valence-corrected chi connectivity index (χ1v) is 7.38. The average Bonchev–Trinajstić information content (AvgIpc) is 2.80. The zero-order chi connectivity index (χ0) is 12.0. The molecular formula is C14H27N3. The van der Waals surface area contributed by atoms with E-state index in [-0.39, 0.29) is 11.6 Å². The van der Waals surface area contributed by atoms with Crippen LogP contribution in [0.15, 0.2) is 0 Å². The number of fused-ring (bicyclic) bond motifs is 1. The standard InChI is InChI=1S/C14H27N3/c1-9(15)14(2,17-13-8-16-13)12-7-6-10-4-3-5-11(10)12/h9-13,16-17H,3-8,15H2,1-2H3. The van der Waals surface area contributed by atoms with E-state index in [4.69, 9.17) is 5.73 Å². The van der Waals surface area contributed by atoms with Gasteiger partial charge in [-0.1, -0.05) is 12.8 Å². The molecule has 0 aromatic heterocycles. The lowest BCUT2D eigenvalue weighted by molar-refractivity contribution is 0.146. The molecule has 2 saturated carbocycles. The highest BCUT2D eigenvalue weighted by molar-refractivity contribution is 5.07. The number of rotatable bonds is 4. The molecule has 0 aromatic rings. The lowest BCUT2D eigenvalue weighted by atomic mass is 9.73. The monoisotopic (exact) mass is 237 g/mol. The van der Waals surface area contributed by atoms with Crippen molar-refractivity contribution in [3.8, 4) is 0 Å². The van der Waals surface area contributed by atoms with Crippen molar-refractivity contribution >= 4 is 0 Å². The van der Waals surface area contributed by atoms with Gasteiger partial charge in [-0.25, -0.2) is 0 Å². The highest BCUT2D eigenvalue weighted by atomic mass is 15.3. The third kappa shape index (κ3) is 2.02. The molecule has 3 nitrogen and oxygen atoms in total. The summed E-state index contributed by atoms with van der Waals surface area (Å²) in [6, 6.07) is 0.231. The quantitative estimate of drug-likeness (QED) is 0.648. The van der Waals surface area contributed by atoms with E-state index in [0.717, 1.165) is 24.3 Å². The highest BCUT2D eigenvalue weighted by Gasteiger charge is 2.50. The van der Waals surface area contributed by atoms with Crippen molar-refractivity contribution in [1.82, 2.24) is 10.6 Å². The number of hydrogen-bond acceptors (Lipinski definition) is 3. The normalized spacial score (nSPS) is 45.4. The molecule has 3 aliphatic rings. The van der Waals surface area contributed by atoms with Crippen molar-refractivity contribution in [3.63, 3.8) is 0 Å². The molecule has 6 unspecified atom stereocenters. The van der Waals surface area contributed by atoms with Gasteiger partial charge in [-0.15, -0.1) is 0 Å². The Morgan fingerprint density at radius 1 is 1.29 bits per heavy atom. The van der Waals surface area contributed by atoms with Gasteiger partial charge in [0.05, 0.1) is 6.17 Å². The highest BCUT2D eigenvalue weighted by Crippen LogP contribution is 2.51. The minimum Gasteiger partial charge on any atom is -0.326 e. The summed E-state index contributed by atoms with van der Waals surface area (Å²) in [5.74, 6) is 2.74. The van der Waals surface area contributed by atoms with Crippen LogP contribution >= 0.6 is 0 Å². The van der Waals surface area contributed by atoms with Gasteiger partial charge >= 0.3 is 0 Å². The predicted octanol–water partition coefficient (Wildman–Crippen LogP) is 1.44. The van der Waals surface area contributed by atoms with Gasteiger partial charge in [-0.05, 0) is 50.9 Å². The van der Waals surface area contributed by atoms with Gasteiger partial charge in [0.1, 0.15) is 0 Å². The van der Waals surface area contributed by atoms with Crippen molar-refractivity contribution in [2.45, 2.75) is 63.7 Å². The molecule has 1 heterocycles. The summed E-state index contributed by atoms with van der Waals surface area (Å²) in [6.07, 6.45) is 7.70. The second-order valence-electron chi connectivity index (χ2n) is 6.72.